The summed E-state index contributed by atoms with van der Waals surface area (Å²) in [5.74, 6) is -0.458. The van der Waals surface area contributed by atoms with Gasteiger partial charge in [0, 0.05) is 6.42 Å². The summed E-state index contributed by atoms with van der Waals surface area (Å²) >= 11 is 0. The summed E-state index contributed by atoms with van der Waals surface area (Å²) in [6.45, 7) is 6.48. The molecule has 6 heteroatoms. The molecule has 1 amide bonds. The Bertz CT molecular complexity index is 776. The molecule has 0 aromatic rings. The van der Waals surface area contributed by atoms with E-state index in [1.807, 2.05) is 0 Å². The number of aliphatic hydroxyl groups is 2. The van der Waals surface area contributed by atoms with E-state index in [0.717, 1.165) is 44.9 Å². The first-order valence-corrected chi connectivity index (χ1v) is 24.3. The summed E-state index contributed by atoms with van der Waals surface area (Å²) in [6.07, 6.45) is 44.5. The lowest BCUT2D eigenvalue weighted by Gasteiger charge is -2.24. The van der Waals surface area contributed by atoms with Gasteiger partial charge in [0.15, 0.2) is 0 Å². The monoisotopic (exact) mass is 766 g/mol. The Hall–Kier alpha value is -1.14. The molecule has 0 saturated carbocycles. The van der Waals surface area contributed by atoms with Gasteiger partial charge in [-0.1, -0.05) is 233 Å². The van der Waals surface area contributed by atoms with Crippen molar-refractivity contribution in [2.75, 3.05) is 6.61 Å². The first kappa shape index (κ1) is 52.9. The predicted molar refractivity (Wildman–Crippen MR) is 232 cm³/mol. The largest absolute Gasteiger partial charge is 0.462 e. The van der Waals surface area contributed by atoms with Gasteiger partial charge in [0.25, 0.3) is 0 Å². The summed E-state index contributed by atoms with van der Waals surface area (Å²) < 4.78 is 5.90. The lowest BCUT2D eigenvalue weighted by Crippen LogP contribution is -2.46. The van der Waals surface area contributed by atoms with Crippen LogP contribution < -0.4 is 5.32 Å². The first-order valence-electron chi connectivity index (χ1n) is 24.3. The molecule has 0 spiro atoms. The summed E-state index contributed by atoms with van der Waals surface area (Å²) in [5.41, 5.74) is 0. The number of rotatable bonds is 44. The van der Waals surface area contributed by atoms with Crippen LogP contribution in [0.15, 0.2) is 0 Å². The molecule has 6 nitrogen and oxygen atoms in total. The smallest absolute Gasteiger partial charge is 0.306 e. The molecule has 322 valence electrons. The number of amides is 1. The highest BCUT2D eigenvalue weighted by Gasteiger charge is 2.24. The highest BCUT2D eigenvalue weighted by Crippen LogP contribution is 2.18. The van der Waals surface area contributed by atoms with Crippen molar-refractivity contribution in [1.29, 1.82) is 0 Å². The van der Waals surface area contributed by atoms with Crippen molar-refractivity contribution in [3.8, 4) is 0 Å². The van der Waals surface area contributed by atoms with Gasteiger partial charge in [-0.2, -0.15) is 0 Å². The van der Waals surface area contributed by atoms with E-state index in [1.165, 1.54) is 180 Å². The third-order valence-corrected chi connectivity index (χ3v) is 11.4. The van der Waals surface area contributed by atoms with Gasteiger partial charge in [-0.25, -0.2) is 0 Å². The number of unbranched alkanes of at least 4 members (excludes halogenated alkanes) is 32. The fourth-order valence-electron chi connectivity index (χ4n) is 7.73. The van der Waals surface area contributed by atoms with Crippen molar-refractivity contribution >= 4 is 11.9 Å². The molecule has 0 aliphatic rings. The molecule has 0 aromatic carbocycles. The number of hydrogen-bond acceptors (Lipinski definition) is 5. The third kappa shape index (κ3) is 37.8. The molecule has 3 N–H and O–H groups in total. The predicted octanol–water partition coefficient (Wildman–Crippen LogP) is 14.0. The summed E-state index contributed by atoms with van der Waals surface area (Å²) in [7, 11) is 0. The molecular formula is C48H95NO5. The van der Waals surface area contributed by atoms with Crippen LogP contribution >= 0.6 is 0 Å². The van der Waals surface area contributed by atoms with Crippen molar-refractivity contribution in [3.63, 3.8) is 0 Å². The summed E-state index contributed by atoms with van der Waals surface area (Å²) in [5, 5.41) is 23.7. The Labute approximate surface area is 336 Å². The van der Waals surface area contributed by atoms with Gasteiger partial charge in [0.2, 0.25) is 5.91 Å². The number of nitrogens with one attached hydrogen (secondary N) is 1. The van der Waals surface area contributed by atoms with Crippen LogP contribution in [-0.4, -0.2) is 46.9 Å². The van der Waals surface area contributed by atoms with E-state index in [1.54, 1.807) is 0 Å². The molecule has 0 heterocycles. The normalized spacial score (nSPS) is 13.2. The van der Waals surface area contributed by atoms with E-state index < -0.39 is 18.2 Å². The molecule has 0 aliphatic carbocycles. The quantitative estimate of drug-likeness (QED) is 0.0424. The van der Waals surface area contributed by atoms with E-state index >= 15 is 0 Å². The zero-order valence-corrected chi connectivity index (χ0v) is 36.6. The van der Waals surface area contributed by atoms with Crippen molar-refractivity contribution in [2.45, 2.75) is 289 Å². The van der Waals surface area contributed by atoms with Crippen LogP contribution in [0.5, 0.6) is 0 Å². The highest BCUT2D eigenvalue weighted by molar-refractivity contribution is 5.77. The maximum Gasteiger partial charge on any atom is 0.306 e. The number of carbonyl (C=O) groups excluding carboxylic acids is 2. The third-order valence-electron chi connectivity index (χ3n) is 11.4. The van der Waals surface area contributed by atoms with Gasteiger partial charge in [-0.05, 0) is 25.7 Å². The molecule has 3 unspecified atom stereocenters. The van der Waals surface area contributed by atoms with Crippen LogP contribution in [0.25, 0.3) is 0 Å². The second-order valence-corrected chi connectivity index (χ2v) is 16.9. The topological polar surface area (TPSA) is 95.9 Å². The molecule has 0 aliphatic heterocycles. The number of ether oxygens (including phenoxy) is 1. The highest BCUT2D eigenvalue weighted by atomic mass is 16.5. The number of aliphatic hydroxyl groups excluding tert-OH is 2. The average molecular weight is 766 g/mol. The molecule has 3 atom stereocenters. The van der Waals surface area contributed by atoms with Crippen LogP contribution in [0.3, 0.4) is 0 Å². The van der Waals surface area contributed by atoms with Crippen molar-refractivity contribution < 1.29 is 24.5 Å². The van der Waals surface area contributed by atoms with Crippen LogP contribution in [0.4, 0.5) is 0 Å². The fraction of sp³-hybridized carbons (Fsp3) is 0.958. The second kappa shape index (κ2) is 43.0. The van der Waals surface area contributed by atoms with Gasteiger partial charge < -0.3 is 20.3 Å². The lowest BCUT2D eigenvalue weighted by molar-refractivity contribution is -0.151. The van der Waals surface area contributed by atoms with Crippen molar-refractivity contribution in [3.05, 3.63) is 0 Å². The van der Waals surface area contributed by atoms with Crippen LogP contribution in [-0.2, 0) is 14.3 Å². The minimum atomic E-state index is -0.777. The van der Waals surface area contributed by atoms with Gasteiger partial charge in [0.05, 0.1) is 25.2 Å². The molecule has 0 aromatic heterocycles. The minimum absolute atomic E-state index is 0.0866. The molecule has 54 heavy (non-hydrogen) atoms. The number of hydrogen-bond donors (Lipinski definition) is 3. The first-order chi connectivity index (χ1) is 26.5. The molecular weight excluding hydrogens is 671 g/mol. The summed E-state index contributed by atoms with van der Waals surface area (Å²) in [6, 6.07) is -0.690. The molecule has 0 rings (SSSR count). The number of carbonyl (C=O) groups is 2. The van der Waals surface area contributed by atoms with E-state index in [4.69, 9.17) is 4.74 Å². The zero-order chi connectivity index (χ0) is 39.6. The van der Waals surface area contributed by atoms with Gasteiger partial charge >= 0.3 is 5.97 Å². The zero-order valence-electron chi connectivity index (χ0n) is 36.6. The Kier molecular flexibility index (Phi) is 42.1. The van der Waals surface area contributed by atoms with Crippen LogP contribution in [0, 0.1) is 0 Å². The Morgan fingerprint density at radius 3 is 1.13 bits per heavy atom. The van der Waals surface area contributed by atoms with Gasteiger partial charge in [-0.15, -0.1) is 0 Å². The minimum Gasteiger partial charge on any atom is -0.462 e. The summed E-state index contributed by atoms with van der Waals surface area (Å²) in [4.78, 5) is 26.0. The van der Waals surface area contributed by atoms with E-state index in [-0.39, 0.29) is 24.9 Å². The van der Waals surface area contributed by atoms with E-state index in [0.29, 0.717) is 19.3 Å². The Morgan fingerprint density at radius 2 is 0.778 bits per heavy atom. The van der Waals surface area contributed by atoms with E-state index in [9.17, 15) is 19.8 Å². The van der Waals surface area contributed by atoms with Crippen molar-refractivity contribution in [2.24, 2.45) is 0 Å². The van der Waals surface area contributed by atoms with Crippen molar-refractivity contribution in [1.82, 2.24) is 5.32 Å². The number of esters is 1. The van der Waals surface area contributed by atoms with Gasteiger partial charge in [0.1, 0.15) is 6.10 Å². The molecule has 0 radical (unpaired) electrons. The molecule has 0 bridgehead atoms. The average Bonchev–Trinajstić information content (AvgIpc) is 3.16. The van der Waals surface area contributed by atoms with Crippen LogP contribution in [0.2, 0.25) is 0 Å². The fourth-order valence-corrected chi connectivity index (χ4v) is 7.73. The Balaban J connectivity index is 4.44. The molecule has 0 saturated heterocycles. The maximum atomic E-state index is 13.1. The Morgan fingerprint density at radius 1 is 0.463 bits per heavy atom. The second-order valence-electron chi connectivity index (χ2n) is 16.9. The standard InChI is InChI=1S/C48H95NO5/c1-4-7-10-13-16-19-21-23-24-25-28-31-34-37-40-46(51)45(43-50)49-47(52)42-44(39-36-33-30-27-18-15-12-9-6-3)54-48(53)41-38-35-32-29-26-22-20-17-14-11-8-5-2/h44-46,50-51H,4-43H2,1-3H3,(H,49,52). The maximum absolute atomic E-state index is 13.1. The van der Waals surface area contributed by atoms with Gasteiger partial charge in [-0.3, -0.25) is 9.59 Å². The van der Waals surface area contributed by atoms with Crippen LogP contribution in [0.1, 0.15) is 271 Å². The van der Waals surface area contributed by atoms with E-state index in [2.05, 4.69) is 26.1 Å². The lowest BCUT2D eigenvalue weighted by atomic mass is 10.0. The SMILES string of the molecule is CCCCCCCCCCCCCCCCC(O)C(CO)NC(=O)CC(CCCCCCCCCCC)OC(=O)CCCCCCCCCCCCCC. The molecule has 0 fully saturated rings.